The lowest BCUT2D eigenvalue weighted by Gasteiger charge is -2.46. The molecule has 0 aromatic carbocycles. The SMILES string of the molecule is CC(C)(C)OC(=O)N1CCCC2(COCC(CS(N)(=O)=O)O2)C1. The average molecular weight is 350 g/mol. The molecule has 2 aliphatic rings. The Kier molecular flexibility index (Phi) is 5.24. The van der Waals surface area contributed by atoms with E-state index in [1.54, 1.807) is 4.90 Å². The van der Waals surface area contributed by atoms with E-state index in [0.29, 0.717) is 26.1 Å². The van der Waals surface area contributed by atoms with Crippen LogP contribution in [0.2, 0.25) is 0 Å². The minimum absolute atomic E-state index is 0.185. The van der Waals surface area contributed by atoms with Crippen molar-refractivity contribution in [3.8, 4) is 0 Å². The summed E-state index contributed by atoms with van der Waals surface area (Å²) in [6.45, 7) is 6.86. The Morgan fingerprint density at radius 1 is 1.43 bits per heavy atom. The molecule has 2 N–H and O–H groups in total. The fraction of sp³-hybridized carbons (Fsp3) is 0.929. The summed E-state index contributed by atoms with van der Waals surface area (Å²) in [7, 11) is -3.64. The summed E-state index contributed by atoms with van der Waals surface area (Å²) >= 11 is 0. The second kappa shape index (κ2) is 6.54. The van der Waals surface area contributed by atoms with E-state index in [2.05, 4.69) is 0 Å². The fourth-order valence-corrected chi connectivity index (χ4v) is 3.62. The van der Waals surface area contributed by atoms with Gasteiger partial charge in [-0.25, -0.2) is 18.4 Å². The number of amides is 1. The first-order valence-electron chi connectivity index (χ1n) is 7.72. The number of rotatable bonds is 2. The van der Waals surface area contributed by atoms with Crippen LogP contribution in [0.15, 0.2) is 0 Å². The van der Waals surface area contributed by atoms with Crippen molar-refractivity contribution < 1.29 is 27.4 Å². The molecule has 134 valence electrons. The summed E-state index contributed by atoms with van der Waals surface area (Å²) in [6.07, 6.45) is 0.434. The van der Waals surface area contributed by atoms with Crippen molar-refractivity contribution in [2.45, 2.75) is 50.9 Å². The zero-order valence-corrected chi connectivity index (χ0v) is 14.7. The molecule has 23 heavy (non-hydrogen) atoms. The molecule has 2 fully saturated rings. The number of piperidine rings is 1. The largest absolute Gasteiger partial charge is 0.444 e. The van der Waals surface area contributed by atoms with E-state index in [1.165, 1.54) is 0 Å². The van der Waals surface area contributed by atoms with Gasteiger partial charge in [-0.2, -0.15) is 0 Å². The van der Waals surface area contributed by atoms with Gasteiger partial charge in [0.2, 0.25) is 10.0 Å². The molecular weight excluding hydrogens is 324 g/mol. The Hall–Kier alpha value is -0.900. The number of sulfonamides is 1. The number of ether oxygens (including phenoxy) is 3. The van der Waals surface area contributed by atoms with Crippen molar-refractivity contribution in [1.29, 1.82) is 0 Å². The lowest BCUT2D eigenvalue weighted by atomic mass is 9.92. The monoisotopic (exact) mass is 350 g/mol. The second-order valence-corrected chi connectivity index (χ2v) is 8.93. The van der Waals surface area contributed by atoms with Gasteiger partial charge in [0.15, 0.2) is 0 Å². The molecule has 2 saturated heterocycles. The van der Waals surface area contributed by atoms with Gasteiger partial charge >= 0.3 is 6.09 Å². The number of likely N-dealkylation sites (tertiary alicyclic amines) is 1. The molecule has 2 rings (SSSR count). The summed E-state index contributed by atoms with van der Waals surface area (Å²) in [5.41, 5.74) is -1.26. The van der Waals surface area contributed by atoms with Crippen LogP contribution >= 0.6 is 0 Å². The minimum atomic E-state index is -3.64. The molecule has 1 amide bonds. The molecule has 0 aromatic heterocycles. The quantitative estimate of drug-likeness (QED) is 0.775. The number of nitrogens with zero attached hydrogens (tertiary/aromatic N) is 1. The van der Waals surface area contributed by atoms with Crippen LogP contribution in [0.3, 0.4) is 0 Å². The molecule has 0 aliphatic carbocycles. The highest BCUT2D eigenvalue weighted by Crippen LogP contribution is 2.31. The highest BCUT2D eigenvalue weighted by atomic mass is 32.2. The lowest BCUT2D eigenvalue weighted by molar-refractivity contribution is -0.208. The summed E-state index contributed by atoms with van der Waals surface area (Å²) in [6, 6.07) is 0. The van der Waals surface area contributed by atoms with Crippen molar-refractivity contribution in [3.63, 3.8) is 0 Å². The van der Waals surface area contributed by atoms with Crippen LogP contribution < -0.4 is 5.14 Å². The summed E-state index contributed by atoms with van der Waals surface area (Å²) in [5.74, 6) is -0.290. The summed E-state index contributed by atoms with van der Waals surface area (Å²) < 4.78 is 39.4. The van der Waals surface area contributed by atoms with Gasteiger partial charge in [-0.05, 0) is 33.6 Å². The van der Waals surface area contributed by atoms with Gasteiger partial charge in [-0.1, -0.05) is 0 Å². The maximum absolute atomic E-state index is 12.2. The van der Waals surface area contributed by atoms with E-state index in [0.717, 1.165) is 6.42 Å². The van der Waals surface area contributed by atoms with Crippen molar-refractivity contribution in [1.82, 2.24) is 4.90 Å². The molecule has 2 atom stereocenters. The first-order chi connectivity index (χ1) is 10.5. The van der Waals surface area contributed by atoms with Crippen LogP contribution in [0.4, 0.5) is 4.79 Å². The third kappa shape index (κ3) is 5.59. The van der Waals surface area contributed by atoms with Crippen LogP contribution in [-0.4, -0.2) is 68.8 Å². The molecule has 2 aliphatic heterocycles. The van der Waals surface area contributed by atoms with Crippen LogP contribution in [-0.2, 0) is 24.2 Å². The molecule has 0 radical (unpaired) electrons. The number of nitrogens with two attached hydrogens (primary N) is 1. The van der Waals surface area contributed by atoms with E-state index < -0.39 is 33.4 Å². The Morgan fingerprint density at radius 3 is 2.74 bits per heavy atom. The minimum Gasteiger partial charge on any atom is -0.444 e. The third-order valence-electron chi connectivity index (χ3n) is 3.69. The van der Waals surface area contributed by atoms with Crippen LogP contribution in [0.1, 0.15) is 33.6 Å². The lowest BCUT2D eigenvalue weighted by Crippen LogP contribution is -2.59. The van der Waals surface area contributed by atoms with Crippen molar-refractivity contribution in [2.24, 2.45) is 5.14 Å². The Balaban J connectivity index is 2.02. The van der Waals surface area contributed by atoms with Gasteiger partial charge in [-0.15, -0.1) is 0 Å². The van der Waals surface area contributed by atoms with E-state index in [4.69, 9.17) is 19.3 Å². The number of hydrogen-bond acceptors (Lipinski definition) is 6. The molecule has 0 bridgehead atoms. The topological polar surface area (TPSA) is 108 Å². The normalized spacial score (nSPS) is 29.6. The van der Waals surface area contributed by atoms with E-state index >= 15 is 0 Å². The number of carbonyl (C=O) groups excluding carboxylic acids is 1. The van der Waals surface area contributed by atoms with E-state index in [1.807, 2.05) is 20.8 Å². The zero-order chi connectivity index (χ0) is 17.3. The molecule has 2 heterocycles. The Labute approximate surface area is 137 Å². The predicted molar refractivity (Wildman–Crippen MR) is 83.4 cm³/mol. The van der Waals surface area contributed by atoms with Crippen molar-refractivity contribution in [3.05, 3.63) is 0 Å². The van der Waals surface area contributed by atoms with Crippen molar-refractivity contribution in [2.75, 3.05) is 32.1 Å². The van der Waals surface area contributed by atoms with Gasteiger partial charge in [0.05, 0.1) is 31.6 Å². The van der Waals surface area contributed by atoms with E-state index in [-0.39, 0.29) is 12.4 Å². The molecule has 0 aromatic rings. The first kappa shape index (κ1) is 18.4. The van der Waals surface area contributed by atoms with Gasteiger partial charge in [-0.3, -0.25) is 0 Å². The molecule has 0 saturated carbocycles. The third-order valence-corrected chi connectivity index (χ3v) is 4.53. The van der Waals surface area contributed by atoms with E-state index in [9.17, 15) is 13.2 Å². The zero-order valence-electron chi connectivity index (χ0n) is 13.9. The highest BCUT2D eigenvalue weighted by molar-refractivity contribution is 7.89. The summed E-state index contributed by atoms with van der Waals surface area (Å²) in [4.78, 5) is 13.8. The molecule has 1 spiro atoms. The van der Waals surface area contributed by atoms with Crippen LogP contribution in [0.5, 0.6) is 0 Å². The fourth-order valence-electron chi connectivity index (χ4n) is 2.93. The maximum Gasteiger partial charge on any atom is 0.410 e. The number of carbonyl (C=O) groups is 1. The molecule has 2 unspecified atom stereocenters. The van der Waals surface area contributed by atoms with Gasteiger partial charge in [0, 0.05) is 6.54 Å². The predicted octanol–water partition coefficient (Wildman–Crippen LogP) is 0.460. The number of hydrogen-bond donors (Lipinski definition) is 1. The maximum atomic E-state index is 12.2. The Morgan fingerprint density at radius 2 is 2.13 bits per heavy atom. The van der Waals surface area contributed by atoms with Crippen molar-refractivity contribution >= 4 is 16.1 Å². The number of primary sulfonamides is 1. The second-order valence-electron chi connectivity index (χ2n) is 7.27. The standard InChI is InChI=1S/C14H26N2O6S/c1-13(2,3)22-12(17)16-6-4-5-14(9-16)10-20-7-11(21-14)8-23(15,18)19/h11H,4-10H2,1-3H3,(H2,15,18,19). The van der Waals surface area contributed by atoms with Gasteiger partial charge in [0.1, 0.15) is 11.2 Å². The molecular formula is C14H26N2O6S. The highest BCUT2D eigenvalue weighted by Gasteiger charge is 2.44. The average Bonchev–Trinajstić information content (AvgIpc) is 2.34. The van der Waals surface area contributed by atoms with Gasteiger partial charge in [0.25, 0.3) is 0 Å². The molecule has 8 nitrogen and oxygen atoms in total. The van der Waals surface area contributed by atoms with Crippen LogP contribution in [0, 0.1) is 0 Å². The first-order valence-corrected chi connectivity index (χ1v) is 9.44. The smallest absolute Gasteiger partial charge is 0.410 e. The summed E-state index contributed by atoms with van der Waals surface area (Å²) in [5, 5.41) is 5.08. The molecule has 9 heteroatoms. The van der Waals surface area contributed by atoms with Crippen LogP contribution in [0.25, 0.3) is 0 Å². The van der Waals surface area contributed by atoms with Gasteiger partial charge < -0.3 is 19.1 Å². The Bertz CT molecular complexity index is 540.